The number of hydrogen-bond acceptors (Lipinski definition) is 4. The highest BCUT2D eigenvalue weighted by atomic mass is 32.2. The second kappa shape index (κ2) is 5.61. The summed E-state index contributed by atoms with van der Waals surface area (Å²) in [4.78, 5) is 11.5. The summed E-state index contributed by atoms with van der Waals surface area (Å²) in [7, 11) is 0. The van der Waals surface area contributed by atoms with Crippen molar-refractivity contribution in [3.8, 4) is 0 Å². The lowest BCUT2D eigenvalue weighted by atomic mass is 9.97. The van der Waals surface area contributed by atoms with Gasteiger partial charge >= 0.3 is 5.97 Å². The predicted molar refractivity (Wildman–Crippen MR) is 57.2 cm³/mol. The van der Waals surface area contributed by atoms with Crippen molar-refractivity contribution in [2.45, 2.75) is 25.0 Å². The van der Waals surface area contributed by atoms with Crippen LogP contribution >= 0.6 is 11.8 Å². The van der Waals surface area contributed by atoms with Gasteiger partial charge in [-0.05, 0) is 31.9 Å². The summed E-state index contributed by atoms with van der Waals surface area (Å²) >= 11 is 1.77. The van der Waals surface area contributed by atoms with Crippen molar-refractivity contribution in [1.82, 2.24) is 0 Å². The van der Waals surface area contributed by atoms with Crippen LogP contribution in [0.3, 0.4) is 0 Å². The maximum Gasteiger partial charge on any atom is 0.309 e. The molecule has 1 rings (SSSR count). The molecule has 82 valence electrons. The van der Waals surface area contributed by atoms with Crippen LogP contribution in [0.15, 0.2) is 0 Å². The molecule has 0 saturated heterocycles. The first kappa shape index (κ1) is 11.9. The van der Waals surface area contributed by atoms with Gasteiger partial charge in [-0.25, -0.2) is 0 Å². The Morgan fingerprint density at radius 2 is 2.29 bits per heavy atom. The number of carbonyl (C=O) groups is 1. The molecule has 0 bridgehead atoms. The van der Waals surface area contributed by atoms with E-state index in [-0.39, 0.29) is 24.4 Å². The van der Waals surface area contributed by atoms with Gasteiger partial charge in [0, 0.05) is 11.9 Å². The molecule has 3 atom stereocenters. The minimum absolute atomic E-state index is 0.0857. The molecular formula is C10H18O3S. The Balaban J connectivity index is 2.54. The van der Waals surface area contributed by atoms with Crippen LogP contribution in [-0.2, 0) is 9.53 Å². The molecule has 14 heavy (non-hydrogen) atoms. The Kier molecular flexibility index (Phi) is 4.75. The van der Waals surface area contributed by atoms with E-state index in [2.05, 4.69) is 0 Å². The van der Waals surface area contributed by atoms with Crippen molar-refractivity contribution in [2.75, 3.05) is 19.5 Å². The fourth-order valence-corrected chi connectivity index (χ4v) is 2.85. The van der Waals surface area contributed by atoms with E-state index < -0.39 is 0 Å². The summed E-state index contributed by atoms with van der Waals surface area (Å²) in [6.45, 7) is 2.34. The molecule has 0 aromatic carbocycles. The number of thioether (sulfide) groups is 1. The topological polar surface area (TPSA) is 46.5 Å². The van der Waals surface area contributed by atoms with Gasteiger partial charge in [-0.2, -0.15) is 11.8 Å². The minimum atomic E-state index is -0.136. The first-order valence-electron chi connectivity index (χ1n) is 5.03. The van der Waals surface area contributed by atoms with Gasteiger partial charge in [0.2, 0.25) is 0 Å². The lowest BCUT2D eigenvalue weighted by molar-refractivity contribution is -0.149. The average Bonchev–Trinajstić information content (AvgIpc) is 2.61. The summed E-state index contributed by atoms with van der Waals surface area (Å²) in [5.41, 5.74) is 0. The van der Waals surface area contributed by atoms with E-state index >= 15 is 0 Å². The normalized spacial score (nSPS) is 31.8. The zero-order chi connectivity index (χ0) is 10.6. The molecule has 0 aliphatic heterocycles. The summed E-state index contributed by atoms with van der Waals surface area (Å²) in [6.07, 6.45) is 3.83. The fraction of sp³-hybridized carbons (Fsp3) is 0.900. The Bertz CT molecular complexity index is 196. The molecular weight excluding hydrogens is 200 g/mol. The van der Waals surface area contributed by atoms with E-state index in [0.717, 1.165) is 12.8 Å². The lowest BCUT2D eigenvalue weighted by Gasteiger charge is -2.14. The molecule has 0 heterocycles. The number of hydrogen-bond donors (Lipinski definition) is 1. The second-order valence-electron chi connectivity index (χ2n) is 3.63. The molecule has 1 fully saturated rings. The number of aliphatic hydroxyl groups excluding tert-OH is 1. The van der Waals surface area contributed by atoms with E-state index in [0.29, 0.717) is 11.9 Å². The Hall–Kier alpha value is -0.220. The smallest absolute Gasteiger partial charge is 0.309 e. The number of rotatable bonds is 4. The summed E-state index contributed by atoms with van der Waals surface area (Å²) in [5.74, 6) is -0.119. The molecule has 4 heteroatoms. The first-order chi connectivity index (χ1) is 6.72. The Morgan fingerprint density at radius 3 is 2.79 bits per heavy atom. The highest BCUT2D eigenvalue weighted by molar-refractivity contribution is 7.99. The molecule has 1 saturated carbocycles. The van der Waals surface area contributed by atoms with Crippen LogP contribution in [0.1, 0.15) is 19.8 Å². The SMILES string of the molecule is CCOC(=O)C1CC(SC)CC1CO. The van der Waals surface area contributed by atoms with Gasteiger partial charge in [-0.3, -0.25) is 4.79 Å². The van der Waals surface area contributed by atoms with Crippen LogP contribution < -0.4 is 0 Å². The van der Waals surface area contributed by atoms with Gasteiger partial charge in [0.1, 0.15) is 0 Å². The van der Waals surface area contributed by atoms with Crippen LogP contribution in [0, 0.1) is 11.8 Å². The van der Waals surface area contributed by atoms with Crippen molar-refractivity contribution in [2.24, 2.45) is 11.8 Å². The van der Waals surface area contributed by atoms with Crippen LogP contribution in [-0.4, -0.2) is 35.8 Å². The van der Waals surface area contributed by atoms with E-state index in [1.165, 1.54) is 0 Å². The summed E-state index contributed by atoms with van der Waals surface area (Å²) in [5, 5.41) is 9.65. The Labute approximate surface area is 89.2 Å². The van der Waals surface area contributed by atoms with Gasteiger partial charge in [0.25, 0.3) is 0 Å². The third kappa shape index (κ3) is 2.64. The highest BCUT2D eigenvalue weighted by Gasteiger charge is 2.38. The molecule has 1 aliphatic rings. The number of aliphatic hydroxyl groups is 1. The Morgan fingerprint density at radius 1 is 1.57 bits per heavy atom. The van der Waals surface area contributed by atoms with Crippen molar-refractivity contribution >= 4 is 17.7 Å². The summed E-state index contributed by atoms with van der Waals surface area (Å²) < 4.78 is 4.99. The van der Waals surface area contributed by atoms with E-state index in [4.69, 9.17) is 9.84 Å². The standard InChI is InChI=1S/C10H18O3S/c1-3-13-10(12)9-5-8(14-2)4-7(9)6-11/h7-9,11H,3-6H2,1-2H3. The number of ether oxygens (including phenoxy) is 1. The van der Waals surface area contributed by atoms with Gasteiger partial charge in [0.05, 0.1) is 12.5 Å². The van der Waals surface area contributed by atoms with E-state index in [1.807, 2.05) is 13.2 Å². The molecule has 0 aromatic rings. The monoisotopic (exact) mass is 218 g/mol. The maximum atomic E-state index is 11.5. The van der Waals surface area contributed by atoms with Crippen molar-refractivity contribution in [1.29, 1.82) is 0 Å². The van der Waals surface area contributed by atoms with Gasteiger partial charge < -0.3 is 9.84 Å². The minimum Gasteiger partial charge on any atom is -0.466 e. The number of carbonyl (C=O) groups excluding carboxylic acids is 1. The number of esters is 1. The molecule has 0 radical (unpaired) electrons. The second-order valence-corrected chi connectivity index (χ2v) is 4.77. The van der Waals surface area contributed by atoms with Gasteiger partial charge in [-0.1, -0.05) is 0 Å². The van der Waals surface area contributed by atoms with E-state index in [1.54, 1.807) is 11.8 Å². The van der Waals surface area contributed by atoms with Crippen LogP contribution in [0.25, 0.3) is 0 Å². The summed E-state index contributed by atoms with van der Waals surface area (Å²) in [6, 6.07) is 0. The van der Waals surface area contributed by atoms with Crippen LogP contribution in [0.2, 0.25) is 0 Å². The van der Waals surface area contributed by atoms with Crippen LogP contribution in [0.5, 0.6) is 0 Å². The largest absolute Gasteiger partial charge is 0.466 e. The quantitative estimate of drug-likeness (QED) is 0.722. The predicted octanol–water partition coefficient (Wildman–Crippen LogP) is 1.30. The third-order valence-electron chi connectivity index (χ3n) is 2.81. The van der Waals surface area contributed by atoms with Crippen molar-refractivity contribution in [3.63, 3.8) is 0 Å². The molecule has 1 N–H and O–H groups in total. The van der Waals surface area contributed by atoms with Gasteiger partial charge in [-0.15, -0.1) is 0 Å². The molecule has 3 unspecified atom stereocenters. The zero-order valence-corrected chi connectivity index (χ0v) is 9.55. The molecule has 0 spiro atoms. The lowest BCUT2D eigenvalue weighted by Crippen LogP contribution is -2.23. The molecule has 0 amide bonds. The average molecular weight is 218 g/mol. The van der Waals surface area contributed by atoms with Crippen molar-refractivity contribution < 1.29 is 14.6 Å². The fourth-order valence-electron chi connectivity index (χ4n) is 2.01. The third-order valence-corrected chi connectivity index (χ3v) is 3.86. The van der Waals surface area contributed by atoms with Gasteiger partial charge in [0.15, 0.2) is 0 Å². The first-order valence-corrected chi connectivity index (χ1v) is 6.32. The van der Waals surface area contributed by atoms with E-state index in [9.17, 15) is 4.79 Å². The molecule has 0 aromatic heterocycles. The molecule has 1 aliphatic carbocycles. The maximum absolute atomic E-state index is 11.5. The molecule has 3 nitrogen and oxygen atoms in total. The van der Waals surface area contributed by atoms with Crippen LogP contribution in [0.4, 0.5) is 0 Å². The highest BCUT2D eigenvalue weighted by Crippen LogP contribution is 2.38. The van der Waals surface area contributed by atoms with Crippen molar-refractivity contribution in [3.05, 3.63) is 0 Å². The zero-order valence-electron chi connectivity index (χ0n) is 8.73.